The first-order valence-corrected chi connectivity index (χ1v) is 7.62. The molecule has 0 radical (unpaired) electrons. The second kappa shape index (κ2) is 7.12. The third-order valence-electron chi connectivity index (χ3n) is 3.67. The molecule has 0 unspecified atom stereocenters. The van der Waals surface area contributed by atoms with Crippen molar-refractivity contribution in [2.24, 2.45) is 24.8 Å². The highest BCUT2D eigenvalue weighted by Gasteiger charge is 2.13. The highest BCUT2D eigenvalue weighted by molar-refractivity contribution is 5.77. The summed E-state index contributed by atoms with van der Waals surface area (Å²) >= 11 is 0. The van der Waals surface area contributed by atoms with Crippen LogP contribution in [-0.2, 0) is 20.6 Å². The molecule has 0 aliphatic carbocycles. The number of fused-ring (bicyclic) bond motifs is 1. The van der Waals surface area contributed by atoms with E-state index in [0.29, 0.717) is 36.8 Å². The number of hydrogen-bond acceptors (Lipinski definition) is 4. The number of aliphatic imine (C=N–C) groups is 1. The average Bonchev–Trinajstić information content (AvgIpc) is 2.95. The van der Waals surface area contributed by atoms with E-state index < -0.39 is 5.69 Å². The summed E-state index contributed by atoms with van der Waals surface area (Å²) in [5.41, 5.74) is 5.80. The Morgan fingerprint density at radius 1 is 1.35 bits per heavy atom. The molecular weight excluding hydrogens is 298 g/mol. The Kier molecular flexibility index (Phi) is 5.20. The van der Waals surface area contributed by atoms with Crippen molar-refractivity contribution >= 4 is 17.1 Å². The van der Waals surface area contributed by atoms with Crippen LogP contribution in [0.15, 0.2) is 20.9 Å². The first-order valence-electron chi connectivity index (χ1n) is 7.62. The number of guanidine groups is 1. The van der Waals surface area contributed by atoms with Crippen molar-refractivity contribution in [2.45, 2.75) is 26.3 Å². The van der Waals surface area contributed by atoms with Gasteiger partial charge in [0.05, 0.1) is 6.33 Å². The quantitative estimate of drug-likeness (QED) is 0.408. The zero-order valence-corrected chi connectivity index (χ0v) is 13.7. The molecule has 0 saturated carbocycles. The molecule has 23 heavy (non-hydrogen) atoms. The Balaban J connectivity index is 2.15. The number of nitrogens with zero attached hydrogens (tertiary/aromatic N) is 5. The van der Waals surface area contributed by atoms with E-state index >= 15 is 0 Å². The zero-order valence-electron chi connectivity index (χ0n) is 13.7. The molecule has 0 aliphatic heterocycles. The van der Waals surface area contributed by atoms with Crippen molar-refractivity contribution in [3.05, 3.63) is 27.2 Å². The number of rotatable bonds is 6. The van der Waals surface area contributed by atoms with Gasteiger partial charge >= 0.3 is 5.69 Å². The van der Waals surface area contributed by atoms with Crippen LogP contribution in [0.4, 0.5) is 0 Å². The summed E-state index contributed by atoms with van der Waals surface area (Å²) in [5, 5.41) is 3.01. The summed E-state index contributed by atoms with van der Waals surface area (Å²) in [7, 11) is 3.05. The van der Waals surface area contributed by atoms with Crippen molar-refractivity contribution in [1.82, 2.24) is 24.0 Å². The summed E-state index contributed by atoms with van der Waals surface area (Å²) in [6, 6.07) is 0. The summed E-state index contributed by atoms with van der Waals surface area (Å²) in [5.74, 6) is 0.392. The lowest BCUT2D eigenvalue weighted by molar-refractivity contribution is 0.669. The number of unbranched alkanes of at least 4 members (excludes halogenated alkanes) is 1. The number of aryl methyl sites for hydroxylation is 1. The highest BCUT2D eigenvalue weighted by atomic mass is 16.2. The molecule has 9 heteroatoms. The number of nitrogens with two attached hydrogens (primary N) is 1. The van der Waals surface area contributed by atoms with Gasteiger partial charge in [-0.05, 0) is 6.42 Å². The first-order chi connectivity index (χ1) is 11.0. The lowest BCUT2D eigenvalue weighted by atomic mass is 10.3. The zero-order chi connectivity index (χ0) is 17.0. The number of imidazole rings is 1. The second-order valence-electron chi connectivity index (χ2n) is 5.36. The van der Waals surface area contributed by atoms with Crippen molar-refractivity contribution in [3.63, 3.8) is 0 Å². The van der Waals surface area contributed by atoms with Crippen LogP contribution in [0.1, 0.15) is 19.8 Å². The Bertz CT molecular complexity index is 828. The summed E-state index contributed by atoms with van der Waals surface area (Å²) < 4.78 is 4.15. The van der Waals surface area contributed by atoms with E-state index in [1.807, 2.05) is 0 Å². The largest absolute Gasteiger partial charge is 0.370 e. The van der Waals surface area contributed by atoms with Gasteiger partial charge in [-0.1, -0.05) is 13.3 Å². The fourth-order valence-electron chi connectivity index (χ4n) is 2.28. The lowest BCUT2D eigenvalue weighted by Gasteiger charge is -2.08. The van der Waals surface area contributed by atoms with Gasteiger partial charge in [-0.15, -0.1) is 0 Å². The molecule has 0 spiro atoms. The van der Waals surface area contributed by atoms with Gasteiger partial charge in [0.2, 0.25) is 0 Å². The molecule has 2 rings (SSSR count). The minimum atomic E-state index is -0.391. The Morgan fingerprint density at radius 3 is 2.78 bits per heavy atom. The SMILES string of the molecule is CCCCN=C(N)NCCn1cnc2c1c(=O)n(C)c(=O)n2C. The van der Waals surface area contributed by atoms with Crippen LogP contribution < -0.4 is 22.3 Å². The van der Waals surface area contributed by atoms with Gasteiger partial charge in [-0.3, -0.25) is 18.9 Å². The molecule has 2 heterocycles. The van der Waals surface area contributed by atoms with Crippen molar-refractivity contribution in [1.29, 1.82) is 0 Å². The van der Waals surface area contributed by atoms with Gasteiger partial charge in [-0.25, -0.2) is 9.78 Å². The number of aromatic nitrogens is 4. The second-order valence-corrected chi connectivity index (χ2v) is 5.36. The van der Waals surface area contributed by atoms with Crippen LogP contribution in [0.25, 0.3) is 11.2 Å². The van der Waals surface area contributed by atoms with E-state index in [9.17, 15) is 9.59 Å². The molecule has 0 saturated heterocycles. The van der Waals surface area contributed by atoms with Crippen LogP contribution in [0.3, 0.4) is 0 Å². The number of nitrogens with one attached hydrogen (secondary N) is 1. The van der Waals surface area contributed by atoms with Crippen LogP contribution >= 0.6 is 0 Å². The molecule has 0 fully saturated rings. The van der Waals surface area contributed by atoms with Crippen molar-refractivity contribution < 1.29 is 0 Å². The van der Waals surface area contributed by atoms with E-state index in [1.165, 1.54) is 11.6 Å². The smallest absolute Gasteiger partial charge is 0.332 e. The van der Waals surface area contributed by atoms with E-state index in [4.69, 9.17) is 5.73 Å². The molecule has 0 bridgehead atoms. The van der Waals surface area contributed by atoms with Gasteiger partial charge in [0, 0.05) is 33.7 Å². The van der Waals surface area contributed by atoms with Gasteiger partial charge < -0.3 is 15.6 Å². The standard InChI is InChI=1S/C14H23N7O2/c1-4-5-6-16-13(15)17-7-8-21-9-18-11-10(21)12(22)20(3)14(23)19(11)2/h9H,4-8H2,1-3H3,(H3,15,16,17). The van der Waals surface area contributed by atoms with Crippen LogP contribution in [0, 0.1) is 0 Å². The molecule has 2 aromatic rings. The topological polar surface area (TPSA) is 112 Å². The van der Waals surface area contributed by atoms with Gasteiger partial charge in [0.15, 0.2) is 17.1 Å². The molecular formula is C14H23N7O2. The molecule has 0 aromatic carbocycles. The van der Waals surface area contributed by atoms with Crippen molar-refractivity contribution in [3.8, 4) is 0 Å². The summed E-state index contributed by atoms with van der Waals surface area (Å²) in [4.78, 5) is 32.5. The molecule has 2 aromatic heterocycles. The maximum atomic E-state index is 12.3. The third-order valence-corrected chi connectivity index (χ3v) is 3.67. The van der Waals surface area contributed by atoms with Gasteiger partial charge in [0.25, 0.3) is 5.56 Å². The summed E-state index contributed by atoms with van der Waals surface area (Å²) in [6.07, 6.45) is 3.62. The number of hydrogen-bond donors (Lipinski definition) is 2. The molecule has 0 atom stereocenters. The minimum absolute atomic E-state index is 0.356. The lowest BCUT2D eigenvalue weighted by Crippen LogP contribution is -2.38. The van der Waals surface area contributed by atoms with Crippen LogP contribution in [0.2, 0.25) is 0 Å². The predicted molar refractivity (Wildman–Crippen MR) is 89.6 cm³/mol. The van der Waals surface area contributed by atoms with E-state index in [-0.39, 0.29) is 5.56 Å². The molecule has 9 nitrogen and oxygen atoms in total. The maximum Gasteiger partial charge on any atom is 0.332 e. The van der Waals surface area contributed by atoms with E-state index in [0.717, 1.165) is 17.4 Å². The Morgan fingerprint density at radius 2 is 2.09 bits per heavy atom. The van der Waals surface area contributed by atoms with Gasteiger partial charge in [0.1, 0.15) is 0 Å². The van der Waals surface area contributed by atoms with E-state index in [2.05, 4.69) is 22.2 Å². The molecule has 3 N–H and O–H groups in total. The normalized spacial score (nSPS) is 12.0. The Hall–Kier alpha value is -2.58. The highest BCUT2D eigenvalue weighted by Crippen LogP contribution is 2.04. The predicted octanol–water partition coefficient (Wildman–Crippen LogP) is -0.862. The van der Waals surface area contributed by atoms with Crippen LogP contribution in [0.5, 0.6) is 0 Å². The van der Waals surface area contributed by atoms with Gasteiger partial charge in [-0.2, -0.15) is 0 Å². The third kappa shape index (κ3) is 3.43. The van der Waals surface area contributed by atoms with Crippen molar-refractivity contribution in [2.75, 3.05) is 13.1 Å². The average molecular weight is 321 g/mol. The first kappa shape index (κ1) is 16.8. The fraction of sp³-hybridized carbons (Fsp3) is 0.571. The Labute approximate surface area is 133 Å². The van der Waals surface area contributed by atoms with Crippen LogP contribution in [-0.4, -0.2) is 37.7 Å². The monoisotopic (exact) mass is 321 g/mol. The molecule has 0 amide bonds. The van der Waals surface area contributed by atoms with E-state index in [1.54, 1.807) is 17.9 Å². The molecule has 126 valence electrons. The molecule has 0 aliphatic rings. The minimum Gasteiger partial charge on any atom is -0.370 e. The summed E-state index contributed by atoms with van der Waals surface area (Å²) in [6.45, 7) is 3.80. The maximum absolute atomic E-state index is 12.3. The fourth-order valence-corrected chi connectivity index (χ4v) is 2.28.